The smallest absolute Gasteiger partial charge is 0.271 e. The Bertz CT molecular complexity index is 1030. The fourth-order valence-corrected chi connectivity index (χ4v) is 2.72. The molecular formula is C20H20FN5O2. The van der Waals surface area contributed by atoms with Gasteiger partial charge in [-0.2, -0.15) is 0 Å². The molecule has 0 aliphatic rings. The highest BCUT2D eigenvalue weighted by Crippen LogP contribution is 2.25. The molecule has 2 aromatic carbocycles. The predicted octanol–water partition coefficient (Wildman–Crippen LogP) is 2.76. The number of carbonyl (C=O) groups is 1. The van der Waals surface area contributed by atoms with Gasteiger partial charge in [0.05, 0.1) is 0 Å². The van der Waals surface area contributed by atoms with Crippen LogP contribution in [0.15, 0.2) is 59.5 Å². The van der Waals surface area contributed by atoms with Crippen molar-refractivity contribution in [1.82, 2.24) is 20.5 Å². The Balaban J connectivity index is 1.63. The van der Waals surface area contributed by atoms with Crippen LogP contribution in [0.2, 0.25) is 0 Å². The minimum Gasteiger partial charge on any atom is -0.351 e. The van der Waals surface area contributed by atoms with Gasteiger partial charge in [0.1, 0.15) is 12.0 Å². The lowest BCUT2D eigenvalue weighted by molar-refractivity contribution is 0.0945. The summed E-state index contributed by atoms with van der Waals surface area (Å²) in [6.45, 7) is 4.04. The molecule has 3 N–H and O–H groups in total. The van der Waals surface area contributed by atoms with Crippen LogP contribution in [0, 0.1) is 5.82 Å². The van der Waals surface area contributed by atoms with Gasteiger partial charge < -0.3 is 10.6 Å². The summed E-state index contributed by atoms with van der Waals surface area (Å²) < 4.78 is 14.0. The van der Waals surface area contributed by atoms with Gasteiger partial charge in [-0.3, -0.25) is 14.6 Å². The number of hydrogen-bond donors (Lipinski definition) is 3. The van der Waals surface area contributed by atoms with Crippen molar-refractivity contribution < 1.29 is 9.18 Å². The normalized spacial score (nSPS) is 11.1. The Morgan fingerprint density at radius 1 is 1.14 bits per heavy atom. The first kappa shape index (κ1) is 19.2. The number of rotatable bonds is 6. The number of anilines is 2. The highest BCUT2D eigenvalue weighted by Gasteiger charge is 2.24. The van der Waals surface area contributed by atoms with E-state index in [1.54, 1.807) is 42.5 Å². The quantitative estimate of drug-likeness (QED) is 0.610. The van der Waals surface area contributed by atoms with Crippen molar-refractivity contribution in [2.75, 3.05) is 11.9 Å². The number of aromatic amines is 1. The largest absolute Gasteiger partial charge is 0.351 e. The van der Waals surface area contributed by atoms with Gasteiger partial charge in [-0.15, -0.1) is 10.2 Å². The molecule has 3 rings (SSSR count). The van der Waals surface area contributed by atoms with E-state index in [2.05, 4.69) is 25.8 Å². The third-order valence-corrected chi connectivity index (χ3v) is 4.28. The van der Waals surface area contributed by atoms with Crippen molar-refractivity contribution in [3.8, 4) is 0 Å². The maximum absolute atomic E-state index is 14.0. The lowest BCUT2D eigenvalue weighted by Gasteiger charge is -2.26. The van der Waals surface area contributed by atoms with E-state index in [4.69, 9.17) is 0 Å². The Morgan fingerprint density at radius 2 is 1.86 bits per heavy atom. The first-order chi connectivity index (χ1) is 13.3. The van der Waals surface area contributed by atoms with Crippen LogP contribution in [0.1, 0.15) is 29.8 Å². The summed E-state index contributed by atoms with van der Waals surface area (Å²) in [5.41, 5.74) is 0.723. The number of H-pyrrole nitrogens is 1. The monoisotopic (exact) mass is 381 g/mol. The number of amides is 1. The molecule has 1 aromatic heterocycles. The molecule has 0 radical (unpaired) electrons. The topological polar surface area (TPSA) is 99.8 Å². The molecule has 0 unspecified atom stereocenters. The van der Waals surface area contributed by atoms with Crippen LogP contribution < -0.4 is 16.2 Å². The molecule has 0 saturated carbocycles. The van der Waals surface area contributed by atoms with Crippen LogP contribution in [0.4, 0.5) is 16.0 Å². The molecule has 28 heavy (non-hydrogen) atoms. The summed E-state index contributed by atoms with van der Waals surface area (Å²) in [7, 11) is 0. The zero-order valence-corrected chi connectivity index (χ0v) is 15.5. The molecule has 0 aliphatic heterocycles. The Morgan fingerprint density at radius 3 is 2.54 bits per heavy atom. The van der Waals surface area contributed by atoms with Gasteiger partial charge in [-0.1, -0.05) is 32.0 Å². The second kappa shape index (κ2) is 7.99. The fraction of sp³-hybridized carbons (Fsp3) is 0.200. The number of aromatic nitrogens is 3. The Kier molecular flexibility index (Phi) is 5.49. The van der Waals surface area contributed by atoms with Crippen molar-refractivity contribution in [3.63, 3.8) is 0 Å². The molecule has 0 bridgehead atoms. The first-order valence-corrected chi connectivity index (χ1v) is 8.67. The van der Waals surface area contributed by atoms with Gasteiger partial charge in [-0.25, -0.2) is 4.39 Å². The average molecular weight is 381 g/mol. The zero-order chi connectivity index (χ0) is 20.1. The van der Waals surface area contributed by atoms with Crippen molar-refractivity contribution in [3.05, 3.63) is 82.0 Å². The van der Waals surface area contributed by atoms with E-state index < -0.39 is 5.41 Å². The second-order valence-corrected chi connectivity index (χ2v) is 6.93. The summed E-state index contributed by atoms with van der Waals surface area (Å²) in [5, 5.41) is 13.1. The molecule has 1 amide bonds. The van der Waals surface area contributed by atoms with E-state index in [1.807, 2.05) is 13.8 Å². The van der Waals surface area contributed by atoms with Crippen LogP contribution in [0.25, 0.3) is 0 Å². The highest BCUT2D eigenvalue weighted by atomic mass is 19.1. The Labute approximate surface area is 161 Å². The minimum atomic E-state index is -0.555. The van der Waals surface area contributed by atoms with Crippen molar-refractivity contribution in [2.45, 2.75) is 19.3 Å². The van der Waals surface area contributed by atoms with E-state index in [0.717, 1.165) is 6.20 Å². The van der Waals surface area contributed by atoms with Gasteiger partial charge in [-0.05, 0) is 35.9 Å². The standard InChI is InChI=1S/C20H20FN5O2/c1-20(2,15-5-3-4-6-16(15)21)12-22-18(28)13-7-9-14(10-8-13)24-19-25-17(27)11-23-26-19/h3-11H,12H2,1-2H3,(H,22,28)(H2,24,25,26,27). The molecule has 0 saturated heterocycles. The molecule has 144 valence electrons. The highest BCUT2D eigenvalue weighted by molar-refractivity contribution is 5.94. The van der Waals surface area contributed by atoms with Crippen LogP contribution in [0.5, 0.6) is 0 Å². The van der Waals surface area contributed by atoms with Crippen LogP contribution in [0.3, 0.4) is 0 Å². The molecular weight excluding hydrogens is 361 g/mol. The third kappa shape index (κ3) is 4.59. The van der Waals surface area contributed by atoms with Crippen molar-refractivity contribution >= 4 is 17.5 Å². The molecule has 1 heterocycles. The molecule has 0 spiro atoms. The lowest BCUT2D eigenvalue weighted by Crippen LogP contribution is -2.37. The summed E-state index contributed by atoms with van der Waals surface area (Å²) in [6, 6.07) is 13.2. The zero-order valence-electron chi connectivity index (χ0n) is 15.5. The van der Waals surface area contributed by atoms with Crippen molar-refractivity contribution in [2.24, 2.45) is 0 Å². The van der Waals surface area contributed by atoms with Gasteiger partial charge in [0.2, 0.25) is 5.95 Å². The predicted molar refractivity (Wildman–Crippen MR) is 104 cm³/mol. The van der Waals surface area contributed by atoms with Gasteiger partial charge in [0.15, 0.2) is 0 Å². The van der Waals surface area contributed by atoms with E-state index >= 15 is 0 Å². The van der Waals surface area contributed by atoms with Gasteiger partial charge >= 0.3 is 0 Å². The first-order valence-electron chi connectivity index (χ1n) is 8.67. The SMILES string of the molecule is CC(C)(CNC(=O)c1ccc(Nc2nncc(=O)[nH]2)cc1)c1ccccc1F. The lowest BCUT2D eigenvalue weighted by atomic mass is 9.84. The van der Waals surface area contributed by atoms with Crippen LogP contribution >= 0.6 is 0 Å². The molecule has 8 heteroatoms. The summed E-state index contributed by atoms with van der Waals surface area (Å²) in [5.74, 6) is -0.348. The molecule has 0 fully saturated rings. The number of hydrogen-bond acceptors (Lipinski definition) is 5. The third-order valence-electron chi connectivity index (χ3n) is 4.28. The molecule has 3 aromatic rings. The van der Waals surface area contributed by atoms with Crippen LogP contribution in [-0.2, 0) is 5.41 Å². The maximum atomic E-state index is 14.0. The fourth-order valence-electron chi connectivity index (χ4n) is 2.72. The number of carbonyl (C=O) groups excluding carboxylic acids is 1. The van der Waals surface area contributed by atoms with E-state index in [1.165, 1.54) is 6.07 Å². The van der Waals surface area contributed by atoms with E-state index in [-0.39, 0.29) is 29.8 Å². The number of benzene rings is 2. The number of halogens is 1. The molecule has 0 aliphatic carbocycles. The number of nitrogens with one attached hydrogen (secondary N) is 3. The van der Waals surface area contributed by atoms with E-state index in [0.29, 0.717) is 16.8 Å². The van der Waals surface area contributed by atoms with Crippen molar-refractivity contribution in [1.29, 1.82) is 0 Å². The number of nitrogens with zero attached hydrogens (tertiary/aromatic N) is 2. The van der Waals surface area contributed by atoms with Gasteiger partial charge in [0, 0.05) is 23.2 Å². The van der Waals surface area contributed by atoms with Crippen LogP contribution in [-0.4, -0.2) is 27.6 Å². The van der Waals surface area contributed by atoms with Gasteiger partial charge in [0.25, 0.3) is 11.5 Å². The molecule has 0 atom stereocenters. The maximum Gasteiger partial charge on any atom is 0.271 e. The second-order valence-electron chi connectivity index (χ2n) is 6.93. The summed E-state index contributed by atoms with van der Waals surface area (Å²) >= 11 is 0. The Hall–Kier alpha value is -3.55. The summed E-state index contributed by atoms with van der Waals surface area (Å²) in [4.78, 5) is 26.2. The average Bonchev–Trinajstić information content (AvgIpc) is 2.67. The minimum absolute atomic E-state index is 0.205. The van der Waals surface area contributed by atoms with E-state index in [9.17, 15) is 14.0 Å². The molecule has 7 nitrogen and oxygen atoms in total. The summed E-state index contributed by atoms with van der Waals surface area (Å²) in [6.07, 6.45) is 1.07.